The third-order valence-corrected chi connectivity index (χ3v) is 7.36. The van der Waals surface area contributed by atoms with Crippen molar-refractivity contribution in [3.63, 3.8) is 0 Å². The van der Waals surface area contributed by atoms with Crippen molar-refractivity contribution < 1.29 is 18.8 Å². The van der Waals surface area contributed by atoms with Gasteiger partial charge in [-0.25, -0.2) is 4.39 Å². The van der Waals surface area contributed by atoms with Crippen molar-refractivity contribution >= 4 is 34.2 Å². The average Bonchev–Trinajstić information content (AvgIpc) is 3.16. The molecule has 0 saturated heterocycles. The quantitative estimate of drug-likeness (QED) is 0.520. The highest BCUT2D eigenvalue weighted by Crippen LogP contribution is 2.37. The Kier molecular flexibility index (Phi) is 6.72. The average molecular weight is 488 g/mol. The summed E-state index contributed by atoms with van der Waals surface area (Å²) < 4.78 is 14.5. The smallest absolute Gasteiger partial charge is 0.259 e. The molecule has 0 radical (unpaired) electrons. The van der Waals surface area contributed by atoms with E-state index in [0.717, 1.165) is 36.5 Å². The third-order valence-electron chi connectivity index (χ3n) is 7.36. The van der Waals surface area contributed by atoms with Crippen molar-refractivity contribution in [3.8, 4) is 0 Å². The molecule has 5 rings (SSSR count). The zero-order valence-corrected chi connectivity index (χ0v) is 20.4. The van der Waals surface area contributed by atoms with E-state index in [1.54, 1.807) is 31.2 Å². The molecule has 1 aliphatic heterocycles. The topological polar surface area (TPSA) is 69.7 Å². The standard InChI is InChI=1S/C29H30FN3O3/c1-19(28(35)31-22-12-3-2-4-13-22)32(17-21-9-5-6-15-24(21)30)26(34)18-33-25-16-8-11-20-10-7-14-23(27(20)25)29(33)36/h5-11,14-16,19,22H,2-4,12-13,17-18H2,1H3,(H,31,35). The zero-order chi connectivity index (χ0) is 25.2. The number of benzene rings is 3. The van der Waals surface area contributed by atoms with Crippen molar-refractivity contribution in [1.29, 1.82) is 0 Å². The minimum atomic E-state index is -0.824. The number of nitrogens with one attached hydrogen (secondary N) is 1. The number of hydrogen-bond donors (Lipinski definition) is 1. The van der Waals surface area contributed by atoms with Crippen LogP contribution in [0, 0.1) is 5.82 Å². The van der Waals surface area contributed by atoms with Crippen molar-refractivity contribution in [2.24, 2.45) is 0 Å². The van der Waals surface area contributed by atoms with Crippen molar-refractivity contribution in [1.82, 2.24) is 10.2 Å². The van der Waals surface area contributed by atoms with E-state index in [9.17, 15) is 18.8 Å². The Morgan fingerprint density at radius 3 is 2.50 bits per heavy atom. The van der Waals surface area contributed by atoms with Crippen LogP contribution < -0.4 is 10.2 Å². The van der Waals surface area contributed by atoms with Gasteiger partial charge in [-0.3, -0.25) is 19.3 Å². The van der Waals surface area contributed by atoms with E-state index in [4.69, 9.17) is 0 Å². The highest BCUT2D eigenvalue weighted by atomic mass is 19.1. The van der Waals surface area contributed by atoms with E-state index in [1.807, 2.05) is 30.3 Å². The molecule has 1 saturated carbocycles. The fourth-order valence-corrected chi connectivity index (χ4v) is 5.32. The van der Waals surface area contributed by atoms with Crippen molar-refractivity contribution in [2.45, 2.75) is 57.7 Å². The van der Waals surface area contributed by atoms with Crippen LogP contribution in [0.2, 0.25) is 0 Å². The number of rotatable bonds is 7. The van der Waals surface area contributed by atoms with E-state index in [1.165, 1.54) is 22.3 Å². The van der Waals surface area contributed by atoms with E-state index < -0.39 is 17.8 Å². The summed E-state index contributed by atoms with van der Waals surface area (Å²) in [6, 6.07) is 16.6. The Labute approximate surface area is 210 Å². The van der Waals surface area contributed by atoms with Gasteiger partial charge in [0.1, 0.15) is 18.4 Å². The molecule has 0 bridgehead atoms. The number of anilines is 1. The number of carbonyl (C=O) groups is 3. The molecule has 1 N–H and O–H groups in total. The van der Waals surface area contributed by atoms with Crippen LogP contribution in [-0.2, 0) is 16.1 Å². The lowest BCUT2D eigenvalue weighted by Gasteiger charge is -2.32. The maximum atomic E-state index is 14.5. The molecule has 1 aliphatic carbocycles. The fourth-order valence-electron chi connectivity index (χ4n) is 5.32. The van der Waals surface area contributed by atoms with Gasteiger partial charge in [0.25, 0.3) is 5.91 Å². The first kappa shape index (κ1) is 24.0. The first-order valence-electron chi connectivity index (χ1n) is 12.6. The molecule has 3 aromatic carbocycles. The molecule has 2 aliphatic rings. The summed E-state index contributed by atoms with van der Waals surface area (Å²) >= 11 is 0. The minimum absolute atomic E-state index is 0.0655. The third kappa shape index (κ3) is 4.57. The maximum absolute atomic E-state index is 14.5. The lowest BCUT2D eigenvalue weighted by molar-refractivity contribution is -0.139. The summed E-state index contributed by atoms with van der Waals surface area (Å²) in [5, 5.41) is 4.83. The molecule has 1 fully saturated rings. The summed E-state index contributed by atoms with van der Waals surface area (Å²) in [6.07, 6.45) is 5.15. The molecule has 3 amide bonds. The first-order valence-corrected chi connectivity index (χ1v) is 12.6. The second-order valence-electron chi connectivity index (χ2n) is 9.70. The van der Waals surface area contributed by atoms with Gasteiger partial charge < -0.3 is 10.2 Å². The van der Waals surface area contributed by atoms with E-state index in [0.29, 0.717) is 16.8 Å². The lowest BCUT2D eigenvalue weighted by Crippen LogP contribution is -2.52. The molecule has 7 heteroatoms. The monoisotopic (exact) mass is 487 g/mol. The normalized spacial score (nSPS) is 16.3. The van der Waals surface area contributed by atoms with Crippen LogP contribution in [0.15, 0.2) is 60.7 Å². The Morgan fingerprint density at radius 1 is 1.03 bits per heavy atom. The number of nitrogens with zero attached hydrogens (tertiary/aromatic N) is 2. The largest absolute Gasteiger partial charge is 0.352 e. The minimum Gasteiger partial charge on any atom is -0.352 e. The SMILES string of the molecule is CC(C(=O)NC1CCCCC1)N(Cc1ccccc1F)C(=O)CN1C(=O)c2cccc3cccc1c23. The van der Waals surface area contributed by atoms with Crippen LogP contribution >= 0.6 is 0 Å². The molecule has 186 valence electrons. The highest BCUT2D eigenvalue weighted by Gasteiger charge is 2.35. The Balaban J connectivity index is 1.40. The van der Waals surface area contributed by atoms with Gasteiger partial charge >= 0.3 is 0 Å². The first-order chi connectivity index (χ1) is 17.4. The Morgan fingerprint density at radius 2 is 1.75 bits per heavy atom. The van der Waals surface area contributed by atoms with Crippen LogP contribution in [0.4, 0.5) is 10.1 Å². The molecule has 1 unspecified atom stereocenters. The summed E-state index contributed by atoms with van der Waals surface area (Å²) in [4.78, 5) is 43.0. The highest BCUT2D eigenvalue weighted by molar-refractivity contribution is 6.26. The summed E-state index contributed by atoms with van der Waals surface area (Å²) in [5.74, 6) is -1.36. The predicted octanol–water partition coefficient (Wildman–Crippen LogP) is 4.81. The number of carbonyl (C=O) groups excluding carboxylic acids is 3. The summed E-state index contributed by atoms with van der Waals surface area (Å²) in [7, 11) is 0. The molecule has 3 aromatic rings. The zero-order valence-electron chi connectivity index (χ0n) is 20.4. The molecule has 1 atom stereocenters. The van der Waals surface area contributed by atoms with Crippen LogP contribution in [-0.4, -0.2) is 41.2 Å². The second kappa shape index (κ2) is 10.1. The van der Waals surface area contributed by atoms with Gasteiger partial charge in [-0.05, 0) is 43.4 Å². The van der Waals surface area contributed by atoms with Gasteiger partial charge in [0.15, 0.2) is 0 Å². The number of hydrogen-bond acceptors (Lipinski definition) is 3. The summed E-state index contributed by atoms with van der Waals surface area (Å²) in [5.41, 5.74) is 1.55. The van der Waals surface area contributed by atoms with Gasteiger partial charge in [-0.1, -0.05) is 61.7 Å². The van der Waals surface area contributed by atoms with Crippen LogP contribution in [0.1, 0.15) is 54.9 Å². The van der Waals surface area contributed by atoms with Gasteiger partial charge in [-0.15, -0.1) is 0 Å². The van der Waals surface area contributed by atoms with Crippen molar-refractivity contribution in [2.75, 3.05) is 11.4 Å². The van der Waals surface area contributed by atoms with Crippen molar-refractivity contribution in [3.05, 3.63) is 77.6 Å². The number of halogens is 1. The Hall–Kier alpha value is -3.74. The van der Waals surface area contributed by atoms with Crippen LogP contribution in [0.5, 0.6) is 0 Å². The van der Waals surface area contributed by atoms with Gasteiger partial charge in [0, 0.05) is 29.1 Å². The number of amides is 3. The molecule has 1 heterocycles. The Bertz CT molecular complexity index is 1310. The fraction of sp³-hybridized carbons (Fsp3) is 0.345. The second-order valence-corrected chi connectivity index (χ2v) is 9.70. The predicted molar refractivity (Wildman–Crippen MR) is 137 cm³/mol. The van der Waals surface area contributed by atoms with Gasteiger partial charge in [0.2, 0.25) is 11.8 Å². The maximum Gasteiger partial charge on any atom is 0.259 e. The molecule has 36 heavy (non-hydrogen) atoms. The van der Waals surface area contributed by atoms with Gasteiger partial charge in [0.05, 0.1) is 5.69 Å². The lowest BCUT2D eigenvalue weighted by atomic mass is 9.95. The van der Waals surface area contributed by atoms with E-state index in [-0.39, 0.29) is 30.9 Å². The van der Waals surface area contributed by atoms with Crippen LogP contribution in [0.3, 0.4) is 0 Å². The molecule has 0 spiro atoms. The van der Waals surface area contributed by atoms with E-state index >= 15 is 0 Å². The van der Waals surface area contributed by atoms with Gasteiger partial charge in [-0.2, -0.15) is 0 Å². The molecule has 0 aromatic heterocycles. The molecular weight excluding hydrogens is 457 g/mol. The van der Waals surface area contributed by atoms with Crippen LogP contribution in [0.25, 0.3) is 10.8 Å². The molecular formula is C29H30FN3O3. The summed E-state index contributed by atoms with van der Waals surface area (Å²) in [6.45, 7) is 1.37. The molecule has 6 nitrogen and oxygen atoms in total. The van der Waals surface area contributed by atoms with E-state index in [2.05, 4.69) is 5.32 Å².